The SMILES string of the molecule is Cc1ccc(C(C)NCCS(=O)(=O)N(C)C)cc1F. The standard InChI is InChI=1S/C13H21FN2O2S/c1-10-5-6-12(9-13(10)14)11(2)15-7-8-19(17,18)16(3)4/h5-6,9,11,15H,7-8H2,1-4H3. The highest BCUT2D eigenvalue weighted by Crippen LogP contribution is 2.16. The average Bonchev–Trinajstić information content (AvgIpc) is 2.32. The summed E-state index contributed by atoms with van der Waals surface area (Å²) in [5.41, 5.74) is 1.41. The van der Waals surface area contributed by atoms with Gasteiger partial charge in [-0.3, -0.25) is 0 Å². The van der Waals surface area contributed by atoms with Crippen LogP contribution >= 0.6 is 0 Å². The van der Waals surface area contributed by atoms with Gasteiger partial charge in [0.25, 0.3) is 0 Å². The van der Waals surface area contributed by atoms with E-state index in [0.29, 0.717) is 12.1 Å². The number of rotatable bonds is 6. The molecule has 1 unspecified atom stereocenters. The maximum atomic E-state index is 13.4. The van der Waals surface area contributed by atoms with Crippen LogP contribution in [0.1, 0.15) is 24.1 Å². The van der Waals surface area contributed by atoms with Gasteiger partial charge in [0.15, 0.2) is 0 Å². The quantitative estimate of drug-likeness (QED) is 0.866. The Morgan fingerprint density at radius 1 is 1.37 bits per heavy atom. The zero-order valence-corrected chi connectivity index (χ0v) is 12.6. The Bertz CT molecular complexity index is 529. The molecule has 6 heteroatoms. The molecule has 0 aromatic heterocycles. The van der Waals surface area contributed by atoms with Crippen LogP contribution in [-0.2, 0) is 10.0 Å². The summed E-state index contributed by atoms with van der Waals surface area (Å²) in [4.78, 5) is 0. The van der Waals surface area contributed by atoms with E-state index in [1.165, 1.54) is 24.5 Å². The Morgan fingerprint density at radius 3 is 2.53 bits per heavy atom. The largest absolute Gasteiger partial charge is 0.309 e. The molecule has 0 fully saturated rings. The van der Waals surface area contributed by atoms with Crippen LogP contribution in [0.4, 0.5) is 4.39 Å². The summed E-state index contributed by atoms with van der Waals surface area (Å²) < 4.78 is 37.8. The molecular formula is C13H21FN2O2S. The van der Waals surface area contributed by atoms with Crippen molar-refractivity contribution in [2.45, 2.75) is 19.9 Å². The number of halogens is 1. The molecule has 0 aliphatic heterocycles. The van der Waals surface area contributed by atoms with Crippen molar-refractivity contribution in [1.29, 1.82) is 0 Å². The van der Waals surface area contributed by atoms with Crippen molar-refractivity contribution in [2.75, 3.05) is 26.4 Å². The summed E-state index contributed by atoms with van der Waals surface area (Å²) in [6.45, 7) is 3.92. The predicted octanol–water partition coefficient (Wildman–Crippen LogP) is 1.68. The molecule has 0 bridgehead atoms. The minimum Gasteiger partial charge on any atom is -0.309 e. The van der Waals surface area contributed by atoms with Crippen molar-refractivity contribution in [3.05, 3.63) is 35.1 Å². The van der Waals surface area contributed by atoms with Gasteiger partial charge in [-0.15, -0.1) is 0 Å². The number of sulfonamides is 1. The van der Waals surface area contributed by atoms with Crippen LogP contribution in [0, 0.1) is 12.7 Å². The van der Waals surface area contributed by atoms with Crippen molar-refractivity contribution in [3.8, 4) is 0 Å². The summed E-state index contributed by atoms with van der Waals surface area (Å²) in [7, 11) is -0.178. The van der Waals surface area contributed by atoms with Crippen LogP contribution < -0.4 is 5.32 Å². The molecule has 19 heavy (non-hydrogen) atoms. The highest BCUT2D eigenvalue weighted by atomic mass is 32.2. The number of hydrogen-bond donors (Lipinski definition) is 1. The van der Waals surface area contributed by atoms with E-state index in [0.717, 1.165) is 5.56 Å². The Balaban J connectivity index is 2.56. The topological polar surface area (TPSA) is 49.4 Å². The Morgan fingerprint density at radius 2 is 2.00 bits per heavy atom. The van der Waals surface area contributed by atoms with Crippen LogP contribution in [0.15, 0.2) is 18.2 Å². The zero-order valence-electron chi connectivity index (χ0n) is 11.8. The Kier molecular flexibility index (Phi) is 5.46. The van der Waals surface area contributed by atoms with E-state index in [2.05, 4.69) is 5.32 Å². The van der Waals surface area contributed by atoms with E-state index in [9.17, 15) is 12.8 Å². The van der Waals surface area contributed by atoms with Crippen LogP contribution in [0.5, 0.6) is 0 Å². The second kappa shape index (κ2) is 6.45. The Hall–Kier alpha value is -0.980. The molecule has 0 heterocycles. The molecule has 4 nitrogen and oxygen atoms in total. The first-order valence-electron chi connectivity index (χ1n) is 6.13. The molecular weight excluding hydrogens is 267 g/mol. The first-order chi connectivity index (χ1) is 8.74. The molecule has 108 valence electrons. The molecule has 1 atom stereocenters. The van der Waals surface area contributed by atoms with Gasteiger partial charge in [0.2, 0.25) is 10.0 Å². The van der Waals surface area contributed by atoms with Gasteiger partial charge in [0.1, 0.15) is 5.82 Å². The molecule has 0 aliphatic carbocycles. The fourth-order valence-corrected chi connectivity index (χ4v) is 2.32. The smallest absolute Gasteiger partial charge is 0.214 e. The van der Waals surface area contributed by atoms with E-state index in [-0.39, 0.29) is 17.6 Å². The predicted molar refractivity (Wildman–Crippen MR) is 75.0 cm³/mol. The van der Waals surface area contributed by atoms with Crippen LogP contribution in [-0.4, -0.2) is 39.1 Å². The van der Waals surface area contributed by atoms with E-state index < -0.39 is 10.0 Å². The second-order valence-electron chi connectivity index (χ2n) is 4.78. The maximum Gasteiger partial charge on any atom is 0.214 e. The number of hydrogen-bond acceptors (Lipinski definition) is 3. The summed E-state index contributed by atoms with van der Waals surface area (Å²) in [6.07, 6.45) is 0. The van der Waals surface area contributed by atoms with Crippen molar-refractivity contribution in [2.24, 2.45) is 0 Å². The molecule has 1 aromatic carbocycles. The highest BCUT2D eigenvalue weighted by Gasteiger charge is 2.14. The molecule has 0 amide bonds. The molecule has 0 spiro atoms. The monoisotopic (exact) mass is 288 g/mol. The normalized spacial score (nSPS) is 13.8. The lowest BCUT2D eigenvalue weighted by Gasteiger charge is -2.16. The minimum atomic E-state index is -3.19. The molecule has 0 saturated carbocycles. The first-order valence-corrected chi connectivity index (χ1v) is 7.74. The average molecular weight is 288 g/mol. The van der Waals surface area contributed by atoms with Crippen molar-refractivity contribution < 1.29 is 12.8 Å². The molecule has 1 aromatic rings. The van der Waals surface area contributed by atoms with Gasteiger partial charge >= 0.3 is 0 Å². The number of benzene rings is 1. The zero-order chi connectivity index (χ0) is 14.6. The van der Waals surface area contributed by atoms with Crippen molar-refractivity contribution >= 4 is 10.0 Å². The molecule has 0 radical (unpaired) electrons. The third-order valence-corrected chi connectivity index (χ3v) is 4.90. The molecule has 0 saturated heterocycles. The third kappa shape index (κ3) is 4.56. The van der Waals surface area contributed by atoms with Gasteiger partial charge in [0.05, 0.1) is 5.75 Å². The lowest BCUT2D eigenvalue weighted by atomic mass is 10.1. The van der Waals surface area contributed by atoms with Crippen molar-refractivity contribution in [1.82, 2.24) is 9.62 Å². The maximum absolute atomic E-state index is 13.4. The van der Waals surface area contributed by atoms with Gasteiger partial charge in [0, 0.05) is 26.7 Å². The van der Waals surface area contributed by atoms with Gasteiger partial charge < -0.3 is 5.32 Å². The Labute approximate surface area is 114 Å². The summed E-state index contributed by atoms with van der Waals surface area (Å²) in [5, 5.41) is 3.08. The summed E-state index contributed by atoms with van der Waals surface area (Å²) in [5.74, 6) is -0.217. The van der Waals surface area contributed by atoms with E-state index in [4.69, 9.17) is 0 Å². The number of nitrogens with one attached hydrogen (secondary N) is 1. The fourth-order valence-electron chi connectivity index (χ4n) is 1.58. The van der Waals surface area contributed by atoms with Gasteiger partial charge in [-0.05, 0) is 31.0 Å². The van der Waals surface area contributed by atoms with Gasteiger partial charge in [-0.25, -0.2) is 17.1 Å². The van der Waals surface area contributed by atoms with Crippen LogP contribution in [0.25, 0.3) is 0 Å². The first kappa shape index (κ1) is 16.1. The van der Waals surface area contributed by atoms with Crippen LogP contribution in [0.2, 0.25) is 0 Å². The van der Waals surface area contributed by atoms with E-state index in [1.807, 2.05) is 13.0 Å². The van der Waals surface area contributed by atoms with Gasteiger partial charge in [-0.2, -0.15) is 0 Å². The fraction of sp³-hybridized carbons (Fsp3) is 0.538. The minimum absolute atomic E-state index is 0.0265. The molecule has 1 rings (SSSR count). The number of nitrogens with zero attached hydrogens (tertiary/aromatic N) is 1. The summed E-state index contributed by atoms with van der Waals surface area (Å²) in [6, 6.07) is 4.95. The number of aryl methyl sites for hydroxylation is 1. The van der Waals surface area contributed by atoms with E-state index in [1.54, 1.807) is 13.0 Å². The van der Waals surface area contributed by atoms with Crippen molar-refractivity contribution in [3.63, 3.8) is 0 Å². The molecule has 0 aliphatic rings. The lowest BCUT2D eigenvalue weighted by molar-refractivity contribution is 0.512. The lowest BCUT2D eigenvalue weighted by Crippen LogP contribution is -2.32. The second-order valence-corrected chi connectivity index (χ2v) is 7.09. The van der Waals surface area contributed by atoms with Gasteiger partial charge in [-0.1, -0.05) is 12.1 Å². The van der Waals surface area contributed by atoms with E-state index >= 15 is 0 Å². The molecule has 1 N–H and O–H groups in total. The highest BCUT2D eigenvalue weighted by molar-refractivity contribution is 7.89. The van der Waals surface area contributed by atoms with Crippen LogP contribution in [0.3, 0.4) is 0 Å². The third-order valence-electron chi connectivity index (χ3n) is 3.06. The summed E-state index contributed by atoms with van der Waals surface area (Å²) >= 11 is 0.